The molecular formula is C17H19NO5S. The van der Waals surface area contributed by atoms with E-state index in [2.05, 4.69) is 5.32 Å². The maximum atomic E-state index is 12.0. The van der Waals surface area contributed by atoms with Gasteiger partial charge in [0, 0.05) is 0 Å². The van der Waals surface area contributed by atoms with Gasteiger partial charge in [0.05, 0.1) is 18.9 Å². The van der Waals surface area contributed by atoms with Crippen LogP contribution in [0.5, 0.6) is 0 Å². The Morgan fingerprint density at radius 1 is 1.04 bits per heavy atom. The third-order valence-corrected chi connectivity index (χ3v) is 3.72. The van der Waals surface area contributed by atoms with Gasteiger partial charge in [-0.15, -0.1) is 0 Å². The summed E-state index contributed by atoms with van der Waals surface area (Å²) in [6.07, 6.45) is 0.313. The van der Waals surface area contributed by atoms with Gasteiger partial charge in [-0.1, -0.05) is 60.7 Å². The molecule has 2 aromatic rings. The highest BCUT2D eigenvalue weighted by atomic mass is 32.2. The average Bonchev–Trinajstić information content (AvgIpc) is 2.57. The van der Waals surface area contributed by atoms with Crippen molar-refractivity contribution in [2.45, 2.75) is 12.6 Å². The van der Waals surface area contributed by atoms with E-state index in [9.17, 15) is 13.2 Å². The fourth-order valence-electron chi connectivity index (χ4n) is 2.01. The molecule has 2 rings (SSSR count). The summed E-state index contributed by atoms with van der Waals surface area (Å²) in [6, 6.07) is 17.6. The van der Waals surface area contributed by atoms with Crippen LogP contribution in [-0.2, 0) is 25.6 Å². The fourth-order valence-corrected chi connectivity index (χ4v) is 2.39. The Balaban J connectivity index is 1.97. The minimum atomic E-state index is -3.61. The lowest BCUT2D eigenvalue weighted by Crippen LogP contribution is -2.32. The summed E-state index contributed by atoms with van der Waals surface area (Å²) in [7, 11) is -3.61. The van der Waals surface area contributed by atoms with Crippen LogP contribution < -0.4 is 5.32 Å². The topological polar surface area (TPSA) is 81.7 Å². The molecule has 0 bridgehead atoms. The predicted molar refractivity (Wildman–Crippen MR) is 89.7 cm³/mol. The van der Waals surface area contributed by atoms with Crippen LogP contribution >= 0.6 is 0 Å². The van der Waals surface area contributed by atoms with Crippen LogP contribution in [0.3, 0.4) is 0 Å². The van der Waals surface area contributed by atoms with Crippen molar-refractivity contribution >= 4 is 16.2 Å². The molecule has 0 saturated carbocycles. The molecule has 6 nitrogen and oxygen atoms in total. The van der Waals surface area contributed by atoms with E-state index in [1.54, 1.807) is 24.3 Å². The van der Waals surface area contributed by atoms with Gasteiger partial charge in [-0.05, 0) is 11.1 Å². The van der Waals surface area contributed by atoms with Gasteiger partial charge in [0.25, 0.3) is 10.1 Å². The number of amides is 1. The van der Waals surface area contributed by atoms with Crippen molar-refractivity contribution in [2.75, 3.05) is 12.9 Å². The lowest BCUT2D eigenvalue weighted by Gasteiger charge is -2.18. The van der Waals surface area contributed by atoms with Crippen LogP contribution in [0.1, 0.15) is 17.2 Å². The Morgan fingerprint density at radius 2 is 1.62 bits per heavy atom. The monoisotopic (exact) mass is 349 g/mol. The molecule has 0 heterocycles. The lowest BCUT2D eigenvalue weighted by molar-refractivity contribution is 0.131. The standard InChI is InChI=1S/C17H19NO5S/c1-24(20,21)23-13-16(15-10-6-3-7-11-15)18-17(19)22-12-14-8-4-2-5-9-14/h2-11,16H,12-13H2,1H3,(H,18,19). The number of ether oxygens (including phenoxy) is 1. The average molecular weight is 349 g/mol. The molecule has 7 heteroatoms. The number of rotatable bonds is 7. The molecular weight excluding hydrogens is 330 g/mol. The van der Waals surface area contributed by atoms with Gasteiger partial charge in [0.15, 0.2) is 0 Å². The molecule has 1 N–H and O–H groups in total. The molecule has 0 saturated heterocycles. The number of alkyl carbamates (subject to hydrolysis) is 1. The first-order chi connectivity index (χ1) is 11.4. The first-order valence-corrected chi connectivity index (χ1v) is 9.12. The molecule has 1 amide bonds. The highest BCUT2D eigenvalue weighted by molar-refractivity contribution is 7.85. The zero-order valence-electron chi connectivity index (χ0n) is 13.2. The van der Waals surface area contributed by atoms with Gasteiger partial charge >= 0.3 is 6.09 Å². The van der Waals surface area contributed by atoms with Crippen molar-refractivity contribution in [2.24, 2.45) is 0 Å². The van der Waals surface area contributed by atoms with Gasteiger partial charge in [0.2, 0.25) is 0 Å². The first-order valence-electron chi connectivity index (χ1n) is 7.30. The van der Waals surface area contributed by atoms with Gasteiger partial charge < -0.3 is 10.1 Å². The molecule has 0 radical (unpaired) electrons. The Labute approximate surface area is 141 Å². The quantitative estimate of drug-likeness (QED) is 0.777. The van der Waals surface area contributed by atoms with Gasteiger partial charge in [-0.25, -0.2) is 4.79 Å². The van der Waals surface area contributed by atoms with Gasteiger partial charge in [0.1, 0.15) is 6.61 Å². The second-order valence-corrected chi connectivity index (χ2v) is 6.80. The predicted octanol–water partition coefficient (Wildman–Crippen LogP) is 2.63. The van der Waals surface area contributed by atoms with E-state index in [0.29, 0.717) is 0 Å². The maximum Gasteiger partial charge on any atom is 0.408 e. The molecule has 1 atom stereocenters. The van der Waals surface area contributed by atoms with Crippen LogP contribution in [0.25, 0.3) is 0 Å². The van der Waals surface area contributed by atoms with E-state index in [0.717, 1.165) is 17.4 Å². The van der Waals surface area contributed by atoms with Crippen molar-refractivity contribution in [3.63, 3.8) is 0 Å². The van der Waals surface area contributed by atoms with Crippen LogP contribution in [0, 0.1) is 0 Å². The van der Waals surface area contributed by atoms with Crippen molar-refractivity contribution in [3.8, 4) is 0 Å². The second kappa shape index (κ2) is 8.47. The van der Waals surface area contributed by atoms with E-state index in [1.807, 2.05) is 36.4 Å². The van der Waals surface area contributed by atoms with Crippen LogP contribution in [0.15, 0.2) is 60.7 Å². The summed E-state index contributed by atoms with van der Waals surface area (Å²) in [6.45, 7) is -0.0790. The van der Waals surface area contributed by atoms with Crippen molar-refractivity contribution in [1.82, 2.24) is 5.32 Å². The van der Waals surface area contributed by atoms with Crippen LogP contribution in [0.2, 0.25) is 0 Å². The number of benzene rings is 2. The SMILES string of the molecule is CS(=O)(=O)OCC(NC(=O)OCc1ccccc1)c1ccccc1. The summed E-state index contributed by atoms with van der Waals surface area (Å²) in [5, 5.41) is 2.63. The molecule has 128 valence electrons. The van der Waals surface area contributed by atoms with Gasteiger partial charge in [-0.2, -0.15) is 8.42 Å². The van der Waals surface area contributed by atoms with Gasteiger partial charge in [-0.3, -0.25) is 4.18 Å². The summed E-state index contributed by atoms with van der Waals surface area (Å²) in [4.78, 5) is 12.0. The Bertz CT molecular complexity index is 747. The minimum absolute atomic E-state index is 0.126. The molecule has 1 unspecified atom stereocenters. The maximum absolute atomic E-state index is 12.0. The molecule has 2 aromatic carbocycles. The highest BCUT2D eigenvalue weighted by Gasteiger charge is 2.18. The summed E-state index contributed by atoms with van der Waals surface area (Å²) < 4.78 is 32.4. The van der Waals surface area contributed by atoms with E-state index in [4.69, 9.17) is 8.92 Å². The molecule has 0 aliphatic carbocycles. The van der Waals surface area contributed by atoms with E-state index in [-0.39, 0.29) is 13.2 Å². The zero-order valence-corrected chi connectivity index (χ0v) is 14.0. The molecule has 0 fully saturated rings. The third kappa shape index (κ3) is 6.39. The molecule has 0 aromatic heterocycles. The molecule has 24 heavy (non-hydrogen) atoms. The molecule has 0 spiro atoms. The van der Waals surface area contributed by atoms with Crippen LogP contribution in [0.4, 0.5) is 4.79 Å². The number of carbonyl (C=O) groups is 1. The van der Waals surface area contributed by atoms with E-state index >= 15 is 0 Å². The number of hydrogen-bond acceptors (Lipinski definition) is 5. The van der Waals surface area contributed by atoms with Crippen molar-refractivity contribution in [1.29, 1.82) is 0 Å². The summed E-state index contributed by atoms with van der Waals surface area (Å²) in [5.41, 5.74) is 1.58. The first kappa shape index (κ1) is 18.0. The Kier molecular flexibility index (Phi) is 6.34. The number of nitrogens with one attached hydrogen (secondary N) is 1. The molecule has 0 aliphatic heterocycles. The van der Waals surface area contributed by atoms with Crippen molar-refractivity contribution in [3.05, 3.63) is 71.8 Å². The Morgan fingerprint density at radius 3 is 2.21 bits per heavy atom. The minimum Gasteiger partial charge on any atom is -0.445 e. The summed E-state index contributed by atoms with van der Waals surface area (Å²) in [5.74, 6) is 0. The lowest BCUT2D eigenvalue weighted by atomic mass is 10.1. The second-order valence-electron chi connectivity index (χ2n) is 5.16. The zero-order chi connectivity index (χ0) is 17.4. The van der Waals surface area contributed by atoms with E-state index < -0.39 is 22.3 Å². The van der Waals surface area contributed by atoms with E-state index in [1.165, 1.54) is 0 Å². The van der Waals surface area contributed by atoms with Crippen LogP contribution in [-0.4, -0.2) is 27.4 Å². The normalized spacial score (nSPS) is 12.4. The highest BCUT2D eigenvalue weighted by Crippen LogP contribution is 2.14. The Hall–Kier alpha value is -2.38. The number of hydrogen-bond donors (Lipinski definition) is 1. The number of carbonyl (C=O) groups excluding carboxylic acids is 1. The smallest absolute Gasteiger partial charge is 0.408 e. The van der Waals surface area contributed by atoms with Crippen molar-refractivity contribution < 1.29 is 22.1 Å². The summed E-state index contributed by atoms with van der Waals surface area (Å²) >= 11 is 0. The molecule has 0 aliphatic rings. The third-order valence-electron chi connectivity index (χ3n) is 3.16. The largest absolute Gasteiger partial charge is 0.445 e. The fraction of sp³-hybridized carbons (Fsp3) is 0.235.